The lowest BCUT2D eigenvalue weighted by Crippen LogP contribution is -2.33. The number of hydrogen-bond acceptors (Lipinski definition) is 1. The maximum absolute atomic E-state index is 13.4. The van der Waals surface area contributed by atoms with Gasteiger partial charge in [0.25, 0.3) is 0 Å². The fourth-order valence-electron chi connectivity index (χ4n) is 2.60. The molecule has 3 nitrogen and oxygen atoms in total. The van der Waals surface area contributed by atoms with Crippen molar-refractivity contribution in [3.8, 4) is 0 Å². The van der Waals surface area contributed by atoms with E-state index in [9.17, 15) is 8.60 Å². The maximum Gasteiger partial charge on any atom is 0.123 e. The van der Waals surface area contributed by atoms with Crippen LogP contribution >= 0.6 is 0 Å². The van der Waals surface area contributed by atoms with E-state index in [1.54, 1.807) is 18.4 Å². The highest BCUT2D eigenvalue weighted by molar-refractivity contribution is 7.97. The highest BCUT2D eigenvalue weighted by Crippen LogP contribution is 2.30. The molecule has 106 valence electrons. The van der Waals surface area contributed by atoms with Crippen molar-refractivity contribution < 1.29 is 8.60 Å². The predicted octanol–water partition coefficient (Wildman–Crippen LogP) is 2.66. The van der Waals surface area contributed by atoms with Gasteiger partial charge in [-0.15, -0.1) is 0 Å². The van der Waals surface area contributed by atoms with Crippen LogP contribution in [0, 0.1) is 5.82 Å². The van der Waals surface area contributed by atoms with Crippen LogP contribution in [0.2, 0.25) is 0 Å². The van der Waals surface area contributed by atoms with E-state index in [1.807, 2.05) is 10.5 Å². The first-order valence-electron chi connectivity index (χ1n) is 6.48. The van der Waals surface area contributed by atoms with Crippen LogP contribution in [0.25, 0.3) is 16.5 Å². The highest BCUT2D eigenvalue weighted by atomic mass is 32.2. The molecule has 0 aliphatic carbocycles. The molecule has 0 radical (unpaired) electrons. The summed E-state index contributed by atoms with van der Waals surface area (Å²) in [6.07, 6.45) is 6.43. The maximum atomic E-state index is 13.4. The fourth-order valence-corrected chi connectivity index (χ4v) is 3.47. The van der Waals surface area contributed by atoms with Crippen molar-refractivity contribution in [3.63, 3.8) is 0 Å². The summed E-state index contributed by atoms with van der Waals surface area (Å²) in [7, 11) is -2.15. The summed E-state index contributed by atoms with van der Waals surface area (Å²) >= 11 is 0. The molecular formula is C15H17FN2OS. The molecule has 1 aliphatic heterocycles. The second kappa shape index (κ2) is 4.75. The second-order valence-electron chi connectivity index (χ2n) is 5.22. The first-order valence-corrected chi connectivity index (χ1v) is 8.58. The van der Waals surface area contributed by atoms with Gasteiger partial charge >= 0.3 is 0 Å². The van der Waals surface area contributed by atoms with Crippen LogP contribution in [0.4, 0.5) is 4.39 Å². The normalized spacial score (nSPS) is 19.8. The van der Waals surface area contributed by atoms with Crippen molar-refractivity contribution in [2.75, 3.05) is 19.3 Å². The van der Waals surface area contributed by atoms with Crippen molar-refractivity contribution in [3.05, 3.63) is 41.9 Å². The molecule has 0 amide bonds. The number of fused-ring (bicyclic) bond motifs is 1. The van der Waals surface area contributed by atoms with E-state index in [0.29, 0.717) is 13.1 Å². The van der Waals surface area contributed by atoms with Crippen LogP contribution in [-0.4, -0.2) is 38.7 Å². The van der Waals surface area contributed by atoms with Crippen LogP contribution in [0.5, 0.6) is 0 Å². The number of H-pyrrole nitrogens is 1. The number of benzene rings is 1. The summed E-state index contributed by atoms with van der Waals surface area (Å²) in [6, 6.07) is 4.76. The first-order chi connectivity index (χ1) is 9.45. The summed E-state index contributed by atoms with van der Waals surface area (Å²) in [4.78, 5) is 3.16. The Hall–Kier alpha value is -1.59. The molecule has 1 unspecified atom stereocenters. The molecule has 2 heterocycles. The Balaban J connectivity index is 1.97. The minimum Gasteiger partial charge on any atom is -0.361 e. The van der Waals surface area contributed by atoms with Gasteiger partial charge in [-0.3, -0.25) is 4.21 Å². The smallest absolute Gasteiger partial charge is 0.123 e. The van der Waals surface area contributed by atoms with Crippen molar-refractivity contribution in [1.29, 1.82) is 0 Å². The molecule has 1 aliphatic rings. The number of aromatic nitrogens is 1. The van der Waals surface area contributed by atoms with Crippen molar-refractivity contribution in [1.82, 2.24) is 9.29 Å². The van der Waals surface area contributed by atoms with Gasteiger partial charge in [0, 0.05) is 51.7 Å². The SMILES string of the molecule is C=S(C)(=O)N1CC=C(c2c[nH]c3ccc(F)cc23)CC1. The van der Waals surface area contributed by atoms with Gasteiger partial charge in [-0.25, -0.2) is 8.70 Å². The van der Waals surface area contributed by atoms with Crippen LogP contribution in [0.3, 0.4) is 0 Å². The molecule has 3 rings (SSSR count). The van der Waals surface area contributed by atoms with Gasteiger partial charge in [0.1, 0.15) is 5.82 Å². The molecule has 0 bridgehead atoms. The van der Waals surface area contributed by atoms with Gasteiger partial charge in [0.2, 0.25) is 0 Å². The number of nitrogens with one attached hydrogen (secondary N) is 1. The first kappa shape index (κ1) is 13.4. The molecule has 20 heavy (non-hydrogen) atoms. The number of aromatic amines is 1. The molecule has 1 aromatic carbocycles. The van der Waals surface area contributed by atoms with Crippen LogP contribution < -0.4 is 0 Å². The van der Waals surface area contributed by atoms with Gasteiger partial charge in [-0.05, 0) is 36.1 Å². The molecule has 0 saturated heterocycles. The third-order valence-electron chi connectivity index (χ3n) is 3.71. The van der Waals surface area contributed by atoms with Gasteiger partial charge in [-0.1, -0.05) is 6.08 Å². The van der Waals surface area contributed by atoms with E-state index in [4.69, 9.17) is 0 Å². The Morgan fingerprint density at radius 1 is 1.45 bits per heavy atom. The fraction of sp³-hybridized carbons (Fsp3) is 0.267. The van der Waals surface area contributed by atoms with E-state index in [2.05, 4.69) is 16.9 Å². The molecule has 1 atom stereocenters. The molecule has 0 spiro atoms. The van der Waals surface area contributed by atoms with E-state index in [-0.39, 0.29) is 5.82 Å². The molecule has 1 N–H and O–H groups in total. The molecule has 0 saturated carbocycles. The van der Waals surface area contributed by atoms with E-state index in [1.165, 1.54) is 11.6 Å². The number of rotatable bonds is 2. The third kappa shape index (κ3) is 2.39. The quantitative estimate of drug-likeness (QED) is 0.849. The highest BCUT2D eigenvalue weighted by Gasteiger charge is 2.18. The minimum atomic E-state index is -2.15. The number of halogens is 1. The van der Waals surface area contributed by atoms with Crippen molar-refractivity contribution in [2.45, 2.75) is 6.42 Å². The van der Waals surface area contributed by atoms with Gasteiger partial charge in [-0.2, -0.15) is 0 Å². The second-order valence-corrected chi connectivity index (χ2v) is 7.65. The summed E-state index contributed by atoms with van der Waals surface area (Å²) in [5.41, 5.74) is 3.13. The summed E-state index contributed by atoms with van der Waals surface area (Å²) < 4.78 is 27.2. The van der Waals surface area contributed by atoms with E-state index in [0.717, 1.165) is 22.9 Å². The largest absolute Gasteiger partial charge is 0.361 e. The Labute approximate surface area is 118 Å². The minimum absolute atomic E-state index is 0.231. The van der Waals surface area contributed by atoms with E-state index < -0.39 is 9.71 Å². The average Bonchev–Trinajstić information content (AvgIpc) is 2.81. The number of hydrogen-bond donors (Lipinski definition) is 1. The zero-order valence-electron chi connectivity index (χ0n) is 11.4. The summed E-state index contributed by atoms with van der Waals surface area (Å²) in [6.45, 7) is 1.34. The Kier molecular flexibility index (Phi) is 3.18. The lowest BCUT2D eigenvalue weighted by molar-refractivity contribution is 0.484. The monoisotopic (exact) mass is 292 g/mol. The summed E-state index contributed by atoms with van der Waals surface area (Å²) in [5.74, 6) is 3.48. The Morgan fingerprint density at radius 3 is 2.90 bits per heavy atom. The Bertz CT molecular complexity index is 789. The number of nitrogens with zero attached hydrogens (tertiary/aromatic N) is 1. The zero-order valence-corrected chi connectivity index (χ0v) is 12.2. The van der Waals surface area contributed by atoms with Crippen LogP contribution in [0.1, 0.15) is 12.0 Å². The van der Waals surface area contributed by atoms with Crippen LogP contribution in [0.15, 0.2) is 30.5 Å². The van der Waals surface area contributed by atoms with Gasteiger partial charge in [0.15, 0.2) is 0 Å². The van der Waals surface area contributed by atoms with Gasteiger partial charge < -0.3 is 4.98 Å². The van der Waals surface area contributed by atoms with E-state index >= 15 is 0 Å². The Morgan fingerprint density at radius 2 is 2.25 bits per heavy atom. The van der Waals surface area contributed by atoms with Gasteiger partial charge in [0.05, 0.1) is 0 Å². The average molecular weight is 292 g/mol. The van der Waals surface area contributed by atoms with Crippen molar-refractivity contribution in [2.24, 2.45) is 0 Å². The topological polar surface area (TPSA) is 36.1 Å². The van der Waals surface area contributed by atoms with Crippen molar-refractivity contribution >= 4 is 32.1 Å². The molecular weight excluding hydrogens is 275 g/mol. The molecule has 5 heteroatoms. The molecule has 2 aromatic rings. The zero-order chi connectivity index (χ0) is 14.3. The molecule has 0 fully saturated rings. The predicted molar refractivity (Wildman–Crippen MR) is 83.6 cm³/mol. The molecule has 1 aromatic heterocycles. The third-order valence-corrected chi connectivity index (χ3v) is 5.13. The lowest BCUT2D eigenvalue weighted by atomic mass is 10.00. The summed E-state index contributed by atoms with van der Waals surface area (Å²) in [5, 5.41) is 0.900. The van der Waals surface area contributed by atoms with Crippen LogP contribution in [-0.2, 0) is 9.71 Å². The standard InChI is InChI=1S/C15H17FN2OS/c1-20(2,19)18-7-5-11(6-8-18)14-10-17-15-4-3-12(16)9-13(14)15/h3-5,9-10,17H,1,6-8H2,2H3. The lowest BCUT2D eigenvalue weighted by Gasteiger charge is -2.27.